The molecule has 0 spiro atoms. The molecular weight excluding hydrogens is 625 g/mol. The van der Waals surface area contributed by atoms with Crippen LogP contribution in [-0.4, -0.2) is 30.3 Å². The van der Waals surface area contributed by atoms with Crippen LogP contribution in [-0.2, 0) is 34.8 Å². The molecule has 6 nitrogen and oxygen atoms in total. The standard InChI is InChI=1S/C24H16N2.C2H3N.3CHO.Re/c1-3-7-17(8-4-1)19-13-15-25-23-21(19)11-12-22-20(14-16-26-24(22)23)18-9-5-2-6-10-18;1-2-3;3*1-2;/h1-16H;1H3;3*1H;/q;;3*-1;. The number of nitrogens with zero attached hydrogens (tertiary/aromatic N) is 3. The molecule has 0 aliphatic rings. The minimum Gasteiger partial charge on any atom is -0.545 e. The van der Waals surface area contributed by atoms with Crippen molar-refractivity contribution in [1.29, 1.82) is 5.26 Å². The fraction of sp³-hybridized carbons (Fsp3) is 0.0345. The normalized spacial score (nSPS) is 8.56. The molecule has 7 heteroatoms. The average molecular weight is 647 g/mol. The molecule has 0 N–H and O–H groups in total. The quantitative estimate of drug-likeness (QED) is 0.136. The number of fused-ring (bicyclic) bond motifs is 3. The van der Waals surface area contributed by atoms with Gasteiger partial charge in [0.25, 0.3) is 0 Å². The molecule has 0 unspecified atom stereocenters. The third kappa shape index (κ3) is 7.58. The van der Waals surface area contributed by atoms with Crippen molar-refractivity contribution in [3.05, 3.63) is 97.3 Å². The summed E-state index contributed by atoms with van der Waals surface area (Å²) < 4.78 is 0. The van der Waals surface area contributed by atoms with Crippen LogP contribution in [0.3, 0.4) is 0 Å². The van der Waals surface area contributed by atoms with E-state index in [1.54, 1.807) is 6.07 Å². The van der Waals surface area contributed by atoms with E-state index in [1.165, 1.54) is 29.2 Å². The number of carbonyl (C=O) groups excluding carboxylic acids is 3. The second kappa shape index (κ2) is 18.0. The van der Waals surface area contributed by atoms with Gasteiger partial charge < -0.3 is 14.4 Å². The molecule has 0 amide bonds. The smallest absolute Gasteiger partial charge is 0.0970 e. The van der Waals surface area contributed by atoms with Crippen LogP contribution >= 0.6 is 0 Å². The van der Waals surface area contributed by atoms with Crippen molar-refractivity contribution in [2.75, 3.05) is 0 Å². The van der Waals surface area contributed by atoms with E-state index >= 15 is 0 Å². The van der Waals surface area contributed by atoms with Gasteiger partial charge in [0.2, 0.25) is 0 Å². The summed E-state index contributed by atoms with van der Waals surface area (Å²) in [4.78, 5) is 32.6. The number of rotatable bonds is 2. The number of nitriles is 1. The van der Waals surface area contributed by atoms with Gasteiger partial charge in [-0.15, -0.1) is 0 Å². The van der Waals surface area contributed by atoms with E-state index in [0.717, 1.165) is 21.8 Å². The van der Waals surface area contributed by atoms with Crippen molar-refractivity contribution in [2.45, 2.75) is 6.92 Å². The first-order valence-electron chi connectivity index (χ1n) is 10.1. The summed E-state index contributed by atoms with van der Waals surface area (Å²) in [7, 11) is 0. The largest absolute Gasteiger partial charge is 0.545 e. The minimum absolute atomic E-state index is 0. The third-order valence-corrected chi connectivity index (χ3v) is 4.79. The Morgan fingerprint density at radius 1 is 0.583 bits per heavy atom. The number of hydrogen-bond acceptors (Lipinski definition) is 6. The molecular formula is C29H22N3O3Re-3. The van der Waals surface area contributed by atoms with Gasteiger partial charge in [0.1, 0.15) is 0 Å². The molecule has 3 aromatic carbocycles. The number of pyridine rings is 2. The molecule has 36 heavy (non-hydrogen) atoms. The van der Waals surface area contributed by atoms with Crippen LogP contribution < -0.4 is 0 Å². The topological polar surface area (TPSA) is 101 Å². The second-order valence-electron chi connectivity index (χ2n) is 6.53. The van der Waals surface area contributed by atoms with E-state index in [-0.39, 0.29) is 20.4 Å². The van der Waals surface area contributed by atoms with Crippen LogP contribution in [0, 0.1) is 11.3 Å². The summed E-state index contributed by atoms with van der Waals surface area (Å²) >= 11 is 0. The molecule has 5 rings (SSSR count). The van der Waals surface area contributed by atoms with E-state index in [4.69, 9.17) is 19.6 Å². The molecule has 2 heterocycles. The van der Waals surface area contributed by atoms with Crippen molar-refractivity contribution in [3.63, 3.8) is 0 Å². The Kier molecular flexibility index (Phi) is 15.8. The van der Waals surface area contributed by atoms with Crippen LogP contribution in [0.2, 0.25) is 0 Å². The van der Waals surface area contributed by atoms with Gasteiger partial charge in [-0.3, -0.25) is 30.3 Å². The van der Waals surface area contributed by atoms with Crippen LogP contribution in [0.5, 0.6) is 0 Å². The zero-order valence-corrected chi connectivity index (χ0v) is 22.1. The Morgan fingerprint density at radius 2 is 0.889 bits per heavy atom. The monoisotopic (exact) mass is 647 g/mol. The first kappa shape index (κ1) is 31.6. The van der Waals surface area contributed by atoms with E-state index < -0.39 is 0 Å². The molecule has 0 fully saturated rings. The van der Waals surface area contributed by atoms with Crippen molar-refractivity contribution in [2.24, 2.45) is 0 Å². The van der Waals surface area contributed by atoms with Gasteiger partial charge in [0, 0.05) is 50.5 Å². The van der Waals surface area contributed by atoms with Gasteiger partial charge in [-0.2, -0.15) is 5.26 Å². The fourth-order valence-electron chi connectivity index (χ4n) is 3.57. The van der Waals surface area contributed by atoms with Crippen LogP contribution in [0.15, 0.2) is 97.3 Å². The average Bonchev–Trinajstić information content (AvgIpc) is 2.97. The van der Waals surface area contributed by atoms with Crippen molar-refractivity contribution in [1.82, 2.24) is 9.97 Å². The van der Waals surface area contributed by atoms with Crippen molar-refractivity contribution >= 4 is 42.2 Å². The van der Waals surface area contributed by atoms with Gasteiger partial charge in [-0.25, -0.2) is 0 Å². The Labute approximate surface area is 224 Å². The van der Waals surface area contributed by atoms with Gasteiger partial charge in [-0.1, -0.05) is 72.8 Å². The van der Waals surface area contributed by atoms with E-state index in [9.17, 15) is 0 Å². The molecule has 0 atom stereocenters. The SMILES string of the molecule is CC#N.[CH-]=O.[CH-]=O.[CH-]=O.[Re].c1ccc(-c2ccnc3c2ccc2c(-c4ccccc4)ccnc23)cc1. The predicted molar refractivity (Wildman–Crippen MR) is 139 cm³/mol. The molecule has 2 aromatic heterocycles. The number of aromatic nitrogens is 2. The Balaban J connectivity index is 0.00000110. The van der Waals surface area contributed by atoms with Gasteiger partial charge in [-0.05, 0) is 34.4 Å². The summed E-state index contributed by atoms with van der Waals surface area (Å²) in [6.45, 7) is 11.2. The molecule has 0 aliphatic heterocycles. The summed E-state index contributed by atoms with van der Waals surface area (Å²) in [5.41, 5.74) is 6.65. The predicted octanol–water partition coefficient (Wildman–Crippen LogP) is 5.82. The fourth-order valence-corrected chi connectivity index (χ4v) is 3.57. The molecule has 1 radical (unpaired) electrons. The van der Waals surface area contributed by atoms with Crippen molar-refractivity contribution < 1.29 is 34.8 Å². The third-order valence-electron chi connectivity index (χ3n) is 4.79. The number of benzene rings is 3. The first-order valence-corrected chi connectivity index (χ1v) is 10.1. The Hall–Kier alpha value is -4.36. The van der Waals surface area contributed by atoms with Gasteiger partial charge in [0.15, 0.2) is 0 Å². The summed E-state index contributed by atoms with van der Waals surface area (Å²) in [6, 6.07) is 31.1. The van der Waals surface area contributed by atoms with Crippen LogP contribution in [0.25, 0.3) is 44.1 Å². The molecule has 181 valence electrons. The maximum absolute atomic E-state index is 7.75. The maximum Gasteiger partial charge on any atom is 0.0970 e. The maximum atomic E-state index is 7.75. The molecule has 5 aromatic rings. The zero-order chi connectivity index (χ0) is 26.1. The molecule has 0 aliphatic carbocycles. The summed E-state index contributed by atoms with van der Waals surface area (Å²) in [6.07, 6.45) is 3.75. The summed E-state index contributed by atoms with van der Waals surface area (Å²) in [5.74, 6) is 0. The minimum atomic E-state index is 0. The Morgan fingerprint density at radius 3 is 1.19 bits per heavy atom. The molecule has 0 saturated heterocycles. The summed E-state index contributed by atoms with van der Waals surface area (Å²) in [5, 5.41) is 9.58. The van der Waals surface area contributed by atoms with Gasteiger partial charge >= 0.3 is 0 Å². The second-order valence-corrected chi connectivity index (χ2v) is 6.53. The van der Waals surface area contributed by atoms with Crippen LogP contribution in [0.4, 0.5) is 0 Å². The van der Waals surface area contributed by atoms with Gasteiger partial charge in [0.05, 0.1) is 17.1 Å². The van der Waals surface area contributed by atoms with E-state index in [1.807, 2.05) is 24.5 Å². The van der Waals surface area contributed by atoms with E-state index in [0.29, 0.717) is 0 Å². The van der Waals surface area contributed by atoms with Crippen molar-refractivity contribution in [3.8, 4) is 28.3 Å². The van der Waals surface area contributed by atoms with Crippen LogP contribution in [0.1, 0.15) is 6.92 Å². The first-order chi connectivity index (χ1) is 17.3. The van der Waals surface area contributed by atoms with E-state index in [2.05, 4.69) is 103 Å². The molecule has 0 saturated carbocycles. The zero-order valence-electron chi connectivity index (χ0n) is 19.4. The Bertz CT molecular complexity index is 1270. The number of hydrogen-bond donors (Lipinski definition) is 0. The molecule has 0 bridgehead atoms.